The highest BCUT2D eigenvalue weighted by molar-refractivity contribution is 5.13. The third-order valence-corrected chi connectivity index (χ3v) is 2.67. The fraction of sp³-hybridized carbons (Fsp3) is 0.667. The smallest absolute Gasteiger partial charge is 0.199 e. The number of hydrogen-bond donors (Lipinski definition) is 1. The molecule has 1 aliphatic heterocycles. The van der Waals surface area contributed by atoms with Crippen LogP contribution in [0.3, 0.4) is 0 Å². The van der Waals surface area contributed by atoms with Gasteiger partial charge < -0.3 is 9.73 Å². The van der Waals surface area contributed by atoms with E-state index < -0.39 is 0 Å². The van der Waals surface area contributed by atoms with Gasteiger partial charge in [0.15, 0.2) is 5.89 Å². The van der Waals surface area contributed by atoms with Crippen molar-refractivity contribution in [3.05, 3.63) is 17.8 Å². The van der Waals surface area contributed by atoms with Gasteiger partial charge in [0.25, 0.3) is 0 Å². The molecule has 2 aliphatic rings. The van der Waals surface area contributed by atoms with Crippen molar-refractivity contribution in [1.29, 1.82) is 0 Å². The second kappa shape index (κ2) is 2.33. The molecule has 3 heteroatoms. The van der Waals surface area contributed by atoms with E-state index in [2.05, 4.69) is 10.3 Å². The Morgan fingerprint density at radius 1 is 1.33 bits per heavy atom. The average Bonchev–Trinajstić information content (AvgIpc) is 2.70. The summed E-state index contributed by atoms with van der Waals surface area (Å²) in [5.74, 6) is 2.20. The molecule has 0 amide bonds. The van der Waals surface area contributed by atoms with Gasteiger partial charge in [-0.2, -0.15) is 0 Å². The number of oxazole rings is 1. The van der Waals surface area contributed by atoms with Crippen molar-refractivity contribution in [2.45, 2.75) is 24.7 Å². The van der Waals surface area contributed by atoms with Crippen molar-refractivity contribution in [3.8, 4) is 0 Å². The van der Waals surface area contributed by atoms with Crippen molar-refractivity contribution in [3.63, 3.8) is 0 Å². The number of hydrogen-bond acceptors (Lipinski definition) is 3. The fourth-order valence-corrected chi connectivity index (χ4v) is 1.52. The van der Waals surface area contributed by atoms with E-state index >= 15 is 0 Å². The molecule has 2 fully saturated rings. The molecule has 1 saturated heterocycles. The molecular weight excluding hydrogens is 152 g/mol. The van der Waals surface area contributed by atoms with Crippen LogP contribution in [0.25, 0.3) is 0 Å². The minimum atomic E-state index is 0.539. The van der Waals surface area contributed by atoms with Gasteiger partial charge in [-0.3, -0.25) is 0 Å². The lowest BCUT2D eigenvalue weighted by Crippen LogP contribution is -2.40. The second-order valence-corrected chi connectivity index (χ2v) is 3.74. The van der Waals surface area contributed by atoms with Crippen LogP contribution in [-0.2, 0) is 0 Å². The molecule has 0 spiro atoms. The molecule has 0 aromatic carbocycles. The largest absolute Gasteiger partial charge is 0.448 e. The third-order valence-electron chi connectivity index (χ3n) is 2.67. The summed E-state index contributed by atoms with van der Waals surface area (Å²) in [6, 6.07) is 0. The SMILES string of the molecule is c1oc(C2CNC2)nc1C1CC1. The second-order valence-electron chi connectivity index (χ2n) is 3.74. The topological polar surface area (TPSA) is 38.1 Å². The van der Waals surface area contributed by atoms with Gasteiger partial charge in [-0.15, -0.1) is 0 Å². The Balaban J connectivity index is 1.81. The van der Waals surface area contributed by atoms with Crippen LogP contribution in [0.15, 0.2) is 10.7 Å². The highest BCUT2D eigenvalue weighted by Crippen LogP contribution is 2.39. The molecule has 1 aliphatic carbocycles. The van der Waals surface area contributed by atoms with Gasteiger partial charge in [-0.05, 0) is 12.8 Å². The van der Waals surface area contributed by atoms with Crippen molar-refractivity contribution in [2.75, 3.05) is 13.1 Å². The molecule has 0 atom stereocenters. The van der Waals surface area contributed by atoms with E-state index in [1.807, 2.05) is 6.26 Å². The van der Waals surface area contributed by atoms with E-state index in [0.717, 1.165) is 24.9 Å². The fourth-order valence-electron chi connectivity index (χ4n) is 1.52. The minimum absolute atomic E-state index is 0.539. The molecule has 3 rings (SSSR count). The number of rotatable bonds is 2. The Labute approximate surface area is 71.2 Å². The Kier molecular flexibility index (Phi) is 1.29. The third kappa shape index (κ3) is 0.966. The maximum Gasteiger partial charge on any atom is 0.199 e. The van der Waals surface area contributed by atoms with Crippen LogP contribution in [0.4, 0.5) is 0 Å². The molecule has 3 nitrogen and oxygen atoms in total. The first kappa shape index (κ1) is 6.66. The summed E-state index contributed by atoms with van der Waals surface area (Å²) in [7, 11) is 0. The summed E-state index contributed by atoms with van der Waals surface area (Å²) in [5, 5.41) is 3.21. The summed E-state index contributed by atoms with van der Waals surface area (Å²) in [4.78, 5) is 4.49. The van der Waals surface area contributed by atoms with Crippen LogP contribution in [-0.4, -0.2) is 18.1 Å². The molecule has 1 aromatic heterocycles. The van der Waals surface area contributed by atoms with Crippen molar-refractivity contribution in [2.24, 2.45) is 0 Å². The van der Waals surface area contributed by atoms with E-state index in [1.165, 1.54) is 18.5 Å². The summed E-state index contributed by atoms with van der Waals surface area (Å²) in [5.41, 5.74) is 1.18. The van der Waals surface area contributed by atoms with Crippen LogP contribution < -0.4 is 5.32 Å². The number of nitrogens with zero attached hydrogens (tertiary/aromatic N) is 1. The van der Waals surface area contributed by atoms with E-state index in [1.54, 1.807) is 0 Å². The van der Waals surface area contributed by atoms with E-state index in [0.29, 0.717) is 5.92 Å². The minimum Gasteiger partial charge on any atom is -0.448 e. The number of aromatic nitrogens is 1. The predicted molar refractivity (Wildman–Crippen MR) is 44.1 cm³/mol. The van der Waals surface area contributed by atoms with Crippen molar-refractivity contribution in [1.82, 2.24) is 10.3 Å². The van der Waals surface area contributed by atoms with Crippen LogP contribution in [0, 0.1) is 0 Å². The first-order valence-electron chi connectivity index (χ1n) is 4.59. The van der Waals surface area contributed by atoms with Gasteiger partial charge in [0.1, 0.15) is 6.26 Å². The lowest BCUT2D eigenvalue weighted by atomic mass is 10.0. The van der Waals surface area contributed by atoms with E-state index in [9.17, 15) is 0 Å². The van der Waals surface area contributed by atoms with E-state index in [-0.39, 0.29) is 0 Å². The molecule has 2 heterocycles. The molecule has 1 N–H and O–H groups in total. The highest BCUT2D eigenvalue weighted by Gasteiger charge is 2.29. The quantitative estimate of drug-likeness (QED) is 0.714. The van der Waals surface area contributed by atoms with Crippen LogP contribution in [0.2, 0.25) is 0 Å². The first-order chi connectivity index (χ1) is 5.93. The van der Waals surface area contributed by atoms with Crippen molar-refractivity contribution >= 4 is 0 Å². The summed E-state index contributed by atoms with van der Waals surface area (Å²) >= 11 is 0. The summed E-state index contributed by atoms with van der Waals surface area (Å²) < 4.78 is 5.42. The lowest BCUT2D eigenvalue weighted by molar-refractivity contribution is 0.357. The Morgan fingerprint density at radius 2 is 2.17 bits per heavy atom. The first-order valence-corrected chi connectivity index (χ1v) is 4.59. The van der Waals surface area contributed by atoms with Crippen LogP contribution >= 0.6 is 0 Å². The van der Waals surface area contributed by atoms with Gasteiger partial charge in [-0.1, -0.05) is 0 Å². The average molecular weight is 164 g/mol. The molecule has 1 saturated carbocycles. The maximum absolute atomic E-state index is 5.42. The standard InChI is InChI=1S/C9H12N2O/c1-2-6(1)8-5-12-9(11-8)7-3-10-4-7/h5-7,10H,1-4H2. The Hall–Kier alpha value is -0.830. The monoisotopic (exact) mass is 164 g/mol. The van der Waals surface area contributed by atoms with E-state index in [4.69, 9.17) is 4.42 Å². The molecule has 64 valence electrons. The zero-order chi connectivity index (χ0) is 7.97. The number of nitrogens with one attached hydrogen (secondary N) is 1. The van der Waals surface area contributed by atoms with Crippen molar-refractivity contribution < 1.29 is 4.42 Å². The summed E-state index contributed by atoms with van der Waals surface area (Å²) in [6.45, 7) is 2.06. The molecule has 1 aromatic rings. The summed E-state index contributed by atoms with van der Waals surface area (Å²) in [6.07, 6.45) is 4.44. The van der Waals surface area contributed by atoms with Gasteiger partial charge in [0.05, 0.1) is 11.6 Å². The Morgan fingerprint density at radius 3 is 2.75 bits per heavy atom. The van der Waals surface area contributed by atoms with Crippen LogP contribution in [0.5, 0.6) is 0 Å². The van der Waals surface area contributed by atoms with Gasteiger partial charge in [0.2, 0.25) is 0 Å². The molecule has 0 radical (unpaired) electrons. The zero-order valence-electron chi connectivity index (χ0n) is 6.92. The lowest BCUT2D eigenvalue weighted by Gasteiger charge is -2.23. The van der Waals surface area contributed by atoms with Crippen LogP contribution in [0.1, 0.15) is 36.3 Å². The van der Waals surface area contributed by atoms with Gasteiger partial charge in [0, 0.05) is 19.0 Å². The molecule has 0 bridgehead atoms. The molecule has 12 heavy (non-hydrogen) atoms. The zero-order valence-corrected chi connectivity index (χ0v) is 6.92. The normalized spacial score (nSPS) is 24.0. The van der Waals surface area contributed by atoms with Gasteiger partial charge in [-0.25, -0.2) is 4.98 Å². The maximum atomic E-state index is 5.42. The predicted octanol–water partition coefficient (Wildman–Crippen LogP) is 1.24. The highest BCUT2D eigenvalue weighted by atomic mass is 16.3. The van der Waals surface area contributed by atoms with Gasteiger partial charge >= 0.3 is 0 Å². The Bertz CT molecular complexity index is 286. The molecule has 0 unspecified atom stereocenters. The molecular formula is C9H12N2O.